The number of hydrogen-bond donors (Lipinski definition) is 0. The number of nitrogens with zero attached hydrogens (tertiary/aromatic N) is 1. The molecule has 9 heteroatoms. The molecule has 0 fully saturated rings. The van der Waals surface area contributed by atoms with Gasteiger partial charge in [0, 0.05) is 0 Å². The van der Waals surface area contributed by atoms with Gasteiger partial charge in [-0.2, -0.15) is 16.8 Å². The molecule has 1 aromatic carbocycles. The molecule has 0 atom stereocenters. The molecule has 0 spiro atoms. The number of para-hydroxylation sites is 1. The summed E-state index contributed by atoms with van der Waals surface area (Å²) >= 11 is 0. The normalized spacial score (nSPS) is 11.6. The highest BCUT2D eigenvalue weighted by atomic mass is 32.2. The Kier molecular flexibility index (Phi) is 3.66. The van der Waals surface area contributed by atoms with Gasteiger partial charge in [0.05, 0.1) is 6.26 Å². The molecule has 0 radical (unpaired) electrons. The number of hydrogen-bond acceptors (Lipinski definition) is 6. The van der Waals surface area contributed by atoms with E-state index in [1.807, 2.05) is 0 Å². The first-order valence-electron chi connectivity index (χ1n) is 4.09. The molecule has 0 saturated carbocycles. The van der Waals surface area contributed by atoms with Gasteiger partial charge in [0.1, 0.15) is 4.90 Å². The van der Waals surface area contributed by atoms with E-state index in [1.165, 1.54) is 12.1 Å². The van der Waals surface area contributed by atoms with Crippen LogP contribution in [-0.2, 0) is 24.9 Å². The second-order valence-electron chi connectivity index (χ2n) is 2.89. The average molecular weight is 277 g/mol. The van der Waals surface area contributed by atoms with Crippen molar-refractivity contribution in [2.75, 3.05) is 6.26 Å². The van der Waals surface area contributed by atoms with Crippen LogP contribution in [0.5, 0.6) is 5.75 Å². The monoisotopic (exact) mass is 277 g/mol. The van der Waals surface area contributed by atoms with Crippen LogP contribution in [0.4, 0.5) is 0 Å². The third-order valence-corrected chi connectivity index (χ3v) is 3.22. The molecule has 0 heterocycles. The van der Waals surface area contributed by atoms with Gasteiger partial charge in [-0.25, -0.2) is 4.79 Å². The van der Waals surface area contributed by atoms with E-state index in [4.69, 9.17) is 0 Å². The third-order valence-electron chi connectivity index (χ3n) is 1.53. The first-order chi connectivity index (χ1) is 7.76. The van der Waals surface area contributed by atoms with Gasteiger partial charge in [-0.15, -0.1) is 0 Å². The van der Waals surface area contributed by atoms with Crippen LogP contribution >= 0.6 is 0 Å². The molecule has 0 aliphatic carbocycles. The summed E-state index contributed by atoms with van der Waals surface area (Å²) in [6.07, 6.45) is 1.64. The van der Waals surface area contributed by atoms with Gasteiger partial charge in [0.15, 0.2) is 5.75 Å². The number of rotatable bonds is 4. The molecule has 0 saturated heterocycles. The molecule has 0 aliphatic heterocycles. The van der Waals surface area contributed by atoms with Crippen LogP contribution in [-0.4, -0.2) is 29.2 Å². The van der Waals surface area contributed by atoms with Crippen molar-refractivity contribution in [3.05, 3.63) is 24.3 Å². The van der Waals surface area contributed by atoms with Crippen molar-refractivity contribution in [1.82, 2.24) is 0 Å². The lowest BCUT2D eigenvalue weighted by Gasteiger charge is -2.06. The van der Waals surface area contributed by atoms with Crippen LogP contribution in [0.1, 0.15) is 0 Å². The molecular weight excluding hydrogens is 270 g/mol. The lowest BCUT2D eigenvalue weighted by Crippen LogP contribution is -2.09. The summed E-state index contributed by atoms with van der Waals surface area (Å²) in [5, 5.41) is 0. The number of isocyanates is 1. The van der Waals surface area contributed by atoms with Crippen molar-refractivity contribution in [3.8, 4) is 5.75 Å². The summed E-state index contributed by atoms with van der Waals surface area (Å²) in [6, 6.07) is 4.91. The fourth-order valence-corrected chi connectivity index (χ4v) is 2.33. The van der Waals surface area contributed by atoms with Crippen LogP contribution in [0.3, 0.4) is 0 Å². The third kappa shape index (κ3) is 3.66. The maximum Gasteiger partial charge on any atom is 0.306 e. The Labute approximate surface area is 97.9 Å². The SMILES string of the molecule is CS(=O)(=O)Oc1ccccc1S(=O)(=O)N=C=O. The fraction of sp³-hybridized carbons (Fsp3) is 0.125. The maximum atomic E-state index is 11.4. The van der Waals surface area contributed by atoms with Crippen molar-refractivity contribution >= 4 is 26.2 Å². The van der Waals surface area contributed by atoms with Crippen molar-refractivity contribution in [1.29, 1.82) is 0 Å². The zero-order valence-electron chi connectivity index (χ0n) is 8.52. The molecule has 7 nitrogen and oxygen atoms in total. The molecule has 1 rings (SSSR count). The van der Waals surface area contributed by atoms with Gasteiger partial charge in [-0.05, 0) is 12.1 Å². The number of sulfonamides is 1. The Bertz CT molecular complexity index is 670. The highest BCUT2D eigenvalue weighted by Gasteiger charge is 2.20. The van der Waals surface area contributed by atoms with Crippen LogP contribution in [0.2, 0.25) is 0 Å². The van der Waals surface area contributed by atoms with Crippen molar-refractivity contribution in [2.45, 2.75) is 4.90 Å². The standard InChI is InChI=1S/C8H7NO6S2/c1-16(11,12)15-7-4-2-3-5-8(7)17(13,14)9-6-10/h2-5H,1H3. The first-order valence-corrected chi connectivity index (χ1v) is 7.34. The van der Waals surface area contributed by atoms with E-state index >= 15 is 0 Å². The lowest BCUT2D eigenvalue weighted by molar-refractivity contribution is 0.485. The molecule has 17 heavy (non-hydrogen) atoms. The second-order valence-corrected chi connectivity index (χ2v) is 6.04. The molecular formula is C8H7NO6S2. The quantitative estimate of drug-likeness (QED) is 0.437. The number of carbonyl (C=O) groups excluding carboxylic acids is 1. The van der Waals surface area contributed by atoms with Gasteiger partial charge in [-0.1, -0.05) is 16.5 Å². The Morgan fingerprint density at radius 3 is 2.29 bits per heavy atom. The van der Waals surface area contributed by atoms with E-state index in [2.05, 4.69) is 8.58 Å². The first kappa shape index (κ1) is 13.4. The van der Waals surface area contributed by atoms with Gasteiger partial charge in [-0.3, -0.25) is 0 Å². The van der Waals surface area contributed by atoms with E-state index in [1.54, 1.807) is 0 Å². The van der Waals surface area contributed by atoms with E-state index in [0.717, 1.165) is 24.5 Å². The number of benzene rings is 1. The highest BCUT2D eigenvalue weighted by Crippen LogP contribution is 2.25. The molecule has 92 valence electrons. The van der Waals surface area contributed by atoms with Crippen LogP contribution in [0.15, 0.2) is 33.6 Å². The van der Waals surface area contributed by atoms with Gasteiger partial charge in [0.2, 0.25) is 0 Å². The Morgan fingerprint density at radius 1 is 1.18 bits per heavy atom. The summed E-state index contributed by atoms with van der Waals surface area (Å²) in [5.41, 5.74) is 0. The molecule has 0 N–H and O–H groups in total. The topological polar surface area (TPSA) is 107 Å². The predicted octanol–water partition coefficient (Wildman–Crippen LogP) is 0.0495. The van der Waals surface area contributed by atoms with Gasteiger partial charge < -0.3 is 4.18 Å². The predicted molar refractivity (Wildman–Crippen MR) is 57.2 cm³/mol. The average Bonchev–Trinajstić information content (AvgIpc) is 2.15. The zero-order chi connectivity index (χ0) is 13.1. The summed E-state index contributed by atoms with van der Waals surface area (Å²) in [7, 11) is -8.18. The minimum atomic E-state index is -4.30. The van der Waals surface area contributed by atoms with Crippen molar-refractivity contribution in [3.63, 3.8) is 0 Å². The van der Waals surface area contributed by atoms with E-state index in [0.29, 0.717) is 0 Å². The smallest absolute Gasteiger partial charge is 0.306 e. The summed E-state index contributed by atoms with van der Waals surface area (Å²) in [5.74, 6) is -0.422. The van der Waals surface area contributed by atoms with Crippen molar-refractivity contribution < 1.29 is 25.8 Å². The summed E-state index contributed by atoms with van der Waals surface area (Å²) in [6.45, 7) is 0. The molecule has 0 aliphatic rings. The van der Waals surface area contributed by atoms with E-state index < -0.39 is 30.8 Å². The van der Waals surface area contributed by atoms with Crippen LogP contribution in [0, 0.1) is 0 Å². The molecule has 0 unspecified atom stereocenters. The molecule has 0 amide bonds. The maximum absolute atomic E-state index is 11.4. The summed E-state index contributed by atoms with van der Waals surface area (Å²) < 4.78 is 51.8. The van der Waals surface area contributed by atoms with Crippen LogP contribution < -0.4 is 4.18 Å². The zero-order valence-corrected chi connectivity index (χ0v) is 10.2. The Balaban J connectivity index is 3.41. The van der Waals surface area contributed by atoms with Crippen molar-refractivity contribution in [2.24, 2.45) is 4.40 Å². The Morgan fingerprint density at radius 2 is 1.76 bits per heavy atom. The van der Waals surface area contributed by atoms with Gasteiger partial charge in [0.25, 0.3) is 16.1 Å². The van der Waals surface area contributed by atoms with E-state index in [9.17, 15) is 21.6 Å². The highest BCUT2D eigenvalue weighted by molar-refractivity contribution is 7.90. The molecule has 0 aromatic heterocycles. The van der Waals surface area contributed by atoms with E-state index in [-0.39, 0.29) is 0 Å². The summed E-state index contributed by atoms with van der Waals surface area (Å²) in [4.78, 5) is 9.44. The largest absolute Gasteiger partial charge is 0.381 e. The fourth-order valence-electron chi connectivity index (χ4n) is 0.993. The minimum Gasteiger partial charge on any atom is -0.381 e. The molecule has 0 bridgehead atoms. The minimum absolute atomic E-state index is 0.422. The Hall–Kier alpha value is -1.70. The second kappa shape index (κ2) is 4.66. The van der Waals surface area contributed by atoms with Gasteiger partial charge >= 0.3 is 10.1 Å². The lowest BCUT2D eigenvalue weighted by atomic mass is 10.3. The van der Waals surface area contributed by atoms with Crippen LogP contribution in [0.25, 0.3) is 0 Å². The molecule has 1 aromatic rings.